The smallest absolute Gasteiger partial charge is 0.253 e. The zero-order valence-electron chi connectivity index (χ0n) is 26.2. The summed E-state index contributed by atoms with van der Waals surface area (Å²) in [7, 11) is 0. The van der Waals surface area contributed by atoms with Gasteiger partial charge >= 0.3 is 0 Å². The number of carbonyl (C=O) groups excluding carboxylic acids is 3. The van der Waals surface area contributed by atoms with Gasteiger partial charge in [-0.05, 0) is 75.7 Å². The van der Waals surface area contributed by atoms with Crippen LogP contribution in [0.2, 0.25) is 0 Å². The molecule has 1 N–H and O–H groups in total. The summed E-state index contributed by atoms with van der Waals surface area (Å²) < 4.78 is 12.3. The van der Waals surface area contributed by atoms with E-state index in [9.17, 15) is 19.5 Å². The van der Waals surface area contributed by atoms with Crippen LogP contribution >= 0.6 is 0 Å². The number of hydrogen-bond acceptors (Lipinski definition) is 7. The Morgan fingerprint density at radius 3 is 2.18 bits per heavy atom. The van der Waals surface area contributed by atoms with E-state index < -0.39 is 29.6 Å². The number of anilines is 3. The average Bonchev–Trinajstić information content (AvgIpc) is 3.36. The molecule has 0 aromatic heterocycles. The highest BCUT2D eigenvalue weighted by molar-refractivity contribution is 6.07. The number of rotatable bonds is 10. The van der Waals surface area contributed by atoms with Gasteiger partial charge in [0, 0.05) is 56.4 Å². The summed E-state index contributed by atoms with van der Waals surface area (Å²) in [6, 6.07) is 14.2. The molecule has 0 saturated carbocycles. The molecule has 1 spiro atoms. The molecule has 4 aliphatic heterocycles. The number of carbonyl (C=O) groups is 3. The second-order valence-corrected chi connectivity index (χ2v) is 11.8. The van der Waals surface area contributed by atoms with E-state index in [1.54, 1.807) is 9.80 Å². The molecule has 5 atom stereocenters. The molecule has 4 aliphatic rings. The highest BCUT2D eigenvalue weighted by Gasteiger charge is 2.71. The van der Waals surface area contributed by atoms with E-state index in [1.807, 2.05) is 79.8 Å². The lowest BCUT2D eigenvalue weighted by molar-refractivity contribution is -0.140. The summed E-state index contributed by atoms with van der Waals surface area (Å²) in [6.07, 6.45) is 7.12. The number of benzene rings is 2. The number of fused-ring (bicyclic) bond motifs is 2. The molecule has 3 amide bonds. The van der Waals surface area contributed by atoms with Crippen LogP contribution in [0.4, 0.5) is 17.1 Å². The third-order valence-electron chi connectivity index (χ3n) is 9.47. The molecule has 0 radical (unpaired) electrons. The molecule has 45 heavy (non-hydrogen) atoms. The van der Waals surface area contributed by atoms with Gasteiger partial charge in [0.1, 0.15) is 17.4 Å². The van der Waals surface area contributed by atoms with Crippen molar-refractivity contribution in [3.05, 3.63) is 72.8 Å². The van der Waals surface area contributed by atoms with Crippen molar-refractivity contribution in [3.63, 3.8) is 0 Å². The van der Waals surface area contributed by atoms with Crippen molar-refractivity contribution in [3.8, 4) is 5.75 Å². The molecular weight excluding hydrogens is 572 g/mol. The molecule has 0 bridgehead atoms. The number of aliphatic hydroxyl groups is 1. The summed E-state index contributed by atoms with van der Waals surface area (Å²) in [5.41, 5.74) is 1.16. The molecule has 6 rings (SSSR count). The molecule has 2 aromatic carbocycles. The van der Waals surface area contributed by atoms with E-state index in [4.69, 9.17) is 9.47 Å². The predicted molar refractivity (Wildman–Crippen MR) is 172 cm³/mol. The van der Waals surface area contributed by atoms with Gasteiger partial charge in [0.25, 0.3) is 5.91 Å². The molecule has 2 saturated heterocycles. The van der Waals surface area contributed by atoms with Crippen molar-refractivity contribution >= 4 is 34.8 Å². The van der Waals surface area contributed by atoms with E-state index >= 15 is 0 Å². The third kappa shape index (κ3) is 5.19. The van der Waals surface area contributed by atoms with Crippen molar-refractivity contribution in [2.45, 2.75) is 44.9 Å². The zero-order valence-corrected chi connectivity index (χ0v) is 26.2. The molecule has 10 nitrogen and oxygen atoms in total. The van der Waals surface area contributed by atoms with Crippen LogP contribution in [0.3, 0.4) is 0 Å². The van der Waals surface area contributed by atoms with Gasteiger partial charge in [-0.1, -0.05) is 24.3 Å². The molecule has 2 fully saturated rings. The minimum Gasteiger partial charge on any atom is -0.494 e. The van der Waals surface area contributed by atoms with Crippen molar-refractivity contribution in [1.29, 1.82) is 0 Å². The summed E-state index contributed by atoms with van der Waals surface area (Å²) in [5.74, 6) is -1.78. The fourth-order valence-corrected chi connectivity index (χ4v) is 7.40. The Bertz CT molecular complexity index is 1470. The quantitative estimate of drug-likeness (QED) is 0.410. The molecule has 2 aromatic rings. The lowest BCUT2D eigenvalue weighted by Gasteiger charge is -2.35. The molecule has 0 aliphatic carbocycles. The predicted octanol–water partition coefficient (Wildman–Crippen LogP) is 3.40. The highest BCUT2D eigenvalue weighted by atomic mass is 16.5. The van der Waals surface area contributed by atoms with E-state index in [1.165, 1.54) is 4.90 Å². The zero-order chi connectivity index (χ0) is 31.7. The van der Waals surface area contributed by atoms with E-state index in [0.717, 1.165) is 24.5 Å². The Morgan fingerprint density at radius 1 is 0.889 bits per heavy atom. The van der Waals surface area contributed by atoms with Gasteiger partial charge in [0.05, 0.1) is 24.5 Å². The molecule has 238 valence electrons. The Labute approximate surface area is 264 Å². The van der Waals surface area contributed by atoms with E-state index in [0.29, 0.717) is 37.6 Å². The SMILES string of the molecule is CCOc1ccc(N2CC=C[C@H]3O[C@]45C=CCN(c6ccc(N(CC)CC)cc6)C(=O)C4N(CCCO)C(=O)[C@@H]5[C@H]3C2=O)cc1. The minimum atomic E-state index is -1.32. The molecule has 1 unspecified atom stereocenters. The number of amides is 3. The Kier molecular flexibility index (Phi) is 8.70. The van der Waals surface area contributed by atoms with Gasteiger partial charge in [-0.25, -0.2) is 0 Å². The second kappa shape index (κ2) is 12.7. The van der Waals surface area contributed by atoms with E-state index in [2.05, 4.69) is 18.7 Å². The largest absolute Gasteiger partial charge is 0.494 e. The first kappa shape index (κ1) is 30.9. The van der Waals surface area contributed by atoms with Gasteiger partial charge in [-0.15, -0.1) is 0 Å². The third-order valence-corrected chi connectivity index (χ3v) is 9.47. The van der Waals surface area contributed by atoms with Crippen LogP contribution < -0.4 is 19.4 Å². The number of likely N-dealkylation sites (tertiary alicyclic amines) is 1. The van der Waals surface area contributed by atoms with Crippen molar-refractivity contribution in [2.24, 2.45) is 11.8 Å². The van der Waals surface area contributed by atoms with Crippen LogP contribution in [-0.4, -0.2) is 91.4 Å². The monoisotopic (exact) mass is 614 g/mol. The summed E-state index contributed by atoms with van der Waals surface area (Å²) >= 11 is 0. The number of ether oxygens (including phenoxy) is 2. The van der Waals surface area contributed by atoms with E-state index in [-0.39, 0.29) is 30.9 Å². The molecular formula is C35H42N4O6. The summed E-state index contributed by atoms with van der Waals surface area (Å²) in [4.78, 5) is 50.4. The topological polar surface area (TPSA) is 103 Å². The fraction of sp³-hybridized carbons (Fsp3) is 0.457. The lowest BCUT2D eigenvalue weighted by atomic mass is 9.77. The lowest BCUT2D eigenvalue weighted by Crippen LogP contribution is -2.55. The highest BCUT2D eigenvalue weighted by Crippen LogP contribution is 2.54. The minimum absolute atomic E-state index is 0.130. The maximum absolute atomic E-state index is 14.6. The first-order valence-corrected chi connectivity index (χ1v) is 16.0. The fourth-order valence-electron chi connectivity index (χ4n) is 7.40. The Morgan fingerprint density at radius 2 is 1.53 bits per heavy atom. The van der Waals surface area contributed by atoms with Crippen LogP contribution in [0.15, 0.2) is 72.8 Å². The Balaban J connectivity index is 1.36. The van der Waals surface area contributed by atoms with Crippen LogP contribution in [-0.2, 0) is 19.1 Å². The Hall–Kier alpha value is -4.15. The second-order valence-electron chi connectivity index (χ2n) is 11.8. The van der Waals surface area contributed by atoms with Crippen LogP contribution in [0, 0.1) is 11.8 Å². The number of hydrogen-bond donors (Lipinski definition) is 1. The van der Waals surface area contributed by atoms with Gasteiger partial charge in [-0.3, -0.25) is 14.4 Å². The maximum Gasteiger partial charge on any atom is 0.253 e. The van der Waals surface area contributed by atoms with Gasteiger partial charge in [0.15, 0.2) is 0 Å². The summed E-state index contributed by atoms with van der Waals surface area (Å²) in [6.45, 7) is 9.09. The van der Waals surface area contributed by atoms with Crippen LogP contribution in [0.1, 0.15) is 27.2 Å². The average molecular weight is 615 g/mol. The van der Waals surface area contributed by atoms with Gasteiger partial charge in [-0.2, -0.15) is 0 Å². The normalized spacial score (nSPS) is 27.3. The number of aliphatic hydroxyl groups excluding tert-OH is 1. The molecule has 10 heteroatoms. The first-order chi connectivity index (χ1) is 21.9. The van der Waals surface area contributed by atoms with Crippen molar-refractivity contribution in [2.75, 3.05) is 60.6 Å². The standard InChI is InChI=1S/C35H42N4O6/c1-4-36(5-2)24-11-13-25(14-12-24)38-21-8-19-35-30(33(42)39(22-9-23-40)31(35)34(38)43)29-28(45-35)10-7-20-37(32(29)41)26-15-17-27(18-16-26)44-6-3/h7-8,10-19,28-31,40H,4-6,9,20-23H2,1-3H3/t28-,29+,30+,31?,35+/m1/s1. The van der Waals surface area contributed by atoms with Crippen LogP contribution in [0.25, 0.3) is 0 Å². The van der Waals surface area contributed by atoms with Gasteiger partial charge in [0.2, 0.25) is 11.8 Å². The van der Waals surface area contributed by atoms with Crippen molar-refractivity contribution in [1.82, 2.24) is 4.90 Å². The molecule has 4 heterocycles. The van der Waals surface area contributed by atoms with Crippen molar-refractivity contribution < 1.29 is 29.0 Å². The maximum atomic E-state index is 14.6. The summed E-state index contributed by atoms with van der Waals surface area (Å²) in [5, 5.41) is 9.69. The van der Waals surface area contributed by atoms with Gasteiger partial charge < -0.3 is 34.2 Å². The van der Waals surface area contributed by atoms with Crippen LogP contribution in [0.5, 0.6) is 5.75 Å². The first-order valence-electron chi connectivity index (χ1n) is 16.0. The number of nitrogens with zero attached hydrogens (tertiary/aromatic N) is 4.